The summed E-state index contributed by atoms with van der Waals surface area (Å²) in [5.74, 6) is 0. The van der Waals surface area contributed by atoms with Gasteiger partial charge in [-0.15, -0.1) is 0 Å². The van der Waals surface area contributed by atoms with Crippen molar-refractivity contribution in [2.45, 2.75) is 6.54 Å². The van der Waals surface area contributed by atoms with Crippen molar-refractivity contribution in [3.63, 3.8) is 0 Å². The van der Waals surface area contributed by atoms with E-state index in [0.717, 1.165) is 44.4 Å². The monoisotopic (exact) mass is 525 g/mol. The van der Waals surface area contributed by atoms with Crippen LogP contribution in [-0.4, -0.2) is 35.5 Å². The molecule has 0 aliphatic rings. The van der Waals surface area contributed by atoms with E-state index in [-0.39, 0.29) is 7.05 Å². The molecule has 198 valence electrons. The number of rotatable bonds is 11. The van der Waals surface area contributed by atoms with Crippen LogP contribution in [0.4, 0.5) is 5.69 Å². The summed E-state index contributed by atoms with van der Waals surface area (Å²) >= 11 is 0. The topological polar surface area (TPSA) is 30.9 Å². The third-order valence-corrected chi connectivity index (χ3v) is 7.15. The Bertz CT molecular complexity index is 1420. The van der Waals surface area contributed by atoms with Crippen LogP contribution in [0.25, 0.3) is 22.3 Å². The normalized spacial score (nSPS) is 10.8. The second kappa shape index (κ2) is 13.3. The van der Waals surface area contributed by atoms with Crippen molar-refractivity contribution in [3.8, 4) is 22.3 Å². The zero-order valence-corrected chi connectivity index (χ0v) is 23.2. The molecule has 5 aromatic carbocycles. The highest BCUT2D eigenvalue weighted by Gasteiger charge is 2.33. The summed E-state index contributed by atoms with van der Waals surface area (Å²) in [4.78, 5) is 2.33. The SMILES string of the molecule is COB(OC)c1ccc(CN(B(OC)c2c(-c3ccccc3)cccc2-c2ccccc2)c2ccccc2)cc1. The minimum absolute atomic E-state index is 0.362. The summed E-state index contributed by atoms with van der Waals surface area (Å²) in [6.45, 7) is 0.644. The lowest BCUT2D eigenvalue weighted by Gasteiger charge is -2.32. The van der Waals surface area contributed by atoms with Gasteiger partial charge in [-0.05, 0) is 50.9 Å². The van der Waals surface area contributed by atoms with Gasteiger partial charge in [0, 0.05) is 33.6 Å². The van der Waals surface area contributed by atoms with Gasteiger partial charge in [0.05, 0.1) is 0 Å². The summed E-state index contributed by atoms with van der Waals surface area (Å²) in [6, 6.07) is 46.4. The van der Waals surface area contributed by atoms with E-state index in [0.29, 0.717) is 6.54 Å². The molecule has 0 amide bonds. The van der Waals surface area contributed by atoms with Crippen LogP contribution in [0.2, 0.25) is 0 Å². The molecule has 5 aromatic rings. The highest BCUT2D eigenvalue weighted by atomic mass is 16.6. The molecule has 0 heterocycles. The van der Waals surface area contributed by atoms with Gasteiger partial charge in [0.2, 0.25) is 0 Å². The van der Waals surface area contributed by atoms with E-state index in [4.69, 9.17) is 14.0 Å². The fraction of sp³-hybridized carbons (Fsp3) is 0.118. The first-order valence-electron chi connectivity index (χ1n) is 13.5. The summed E-state index contributed by atoms with van der Waals surface area (Å²) in [6.07, 6.45) is 0. The van der Waals surface area contributed by atoms with E-state index in [1.54, 1.807) is 21.3 Å². The second-order valence-corrected chi connectivity index (χ2v) is 9.60. The van der Waals surface area contributed by atoms with Gasteiger partial charge in [0.25, 0.3) is 0 Å². The minimum atomic E-state index is -0.392. The van der Waals surface area contributed by atoms with Crippen LogP contribution in [0.3, 0.4) is 0 Å². The van der Waals surface area contributed by atoms with Crippen molar-refractivity contribution in [1.29, 1.82) is 0 Å². The Labute approximate surface area is 238 Å². The van der Waals surface area contributed by atoms with Gasteiger partial charge in [0.1, 0.15) is 0 Å². The predicted octanol–water partition coefficient (Wildman–Crippen LogP) is 6.06. The van der Waals surface area contributed by atoms with E-state index < -0.39 is 7.12 Å². The number of benzene rings is 5. The van der Waals surface area contributed by atoms with Crippen molar-refractivity contribution in [2.24, 2.45) is 0 Å². The Morgan fingerprint density at radius 1 is 0.525 bits per heavy atom. The molecule has 0 unspecified atom stereocenters. The van der Waals surface area contributed by atoms with Crippen molar-refractivity contribution in [1.82, 2.24) is 0 Å². The molecule has 0 aliphatic heterocycles. The average Bonchev–Trinajstić information content (AvgIpc) is 3.03. The fourth-order valence-corrected chi connectivity index (χ4v) is 5.25. The Kier molecular flexibility index (Phi) is 9.15. The summed E-state index contributed by atoms with van der Waals surface area (Å²) in [5, 5.41) is 0. The van der Waals surface area contributed by atoms with Crippen LogP contribution in [0.1, 0.15) is 5.56 Å². The summed E-state index contributed by atoms with van der Waals surface area (Å²) in [7, 11) is 4.34. The van der Waals surface area contributed by atoms with Crippen LogP contribution in [0, 0.1) is 0 Å². The number of anilines is 1. The van der Waals surface area contributed by atoms with Crippen molar-refractivity contribution >= 4 is 30.8 Å². The first kappa shape index (κ1) is 27.5. The Balaban J connectivity index is 1.65. The number of nitrogens with zero attached hydrogens (tertiary/aromatic N) is 1. The molecule has 0 saturated heterocycles. The third kappa shape index (κ3) is 6.05. The lowest BCUT2D eigenvalue weighted by atomic mass is 9.64. The highest BCUT2D eigenvalue weighted by Crippen LogP contribution is 2.28. The van der Waals surface area contributed by atoms with Gasteiger partial charge in [-0.2, -0.15) is 0 Å². The zero-order valence-electron chi connectivity index (χ0n) is 23.2. The van der Waals surface area contributed by atoms with Gasteiger partial charge in [-0.3, -0.25) is 0 Å². The molecule has 0 saturated carbocycles. The number of hydrogen-bond acceptors (Lipinski definition) is 4. The molecule has 0 N–H and O–H groups in total. The summed E-state index contributed by atoms with van der Waals surface area (Å²) in [5.41, 5.74) is 8.93. The molecule has 0 atom stereocenters. The first-order chi connectivity index (χ1) is 19.7. The fourth-order valence-electron chi connectivity index (χ4n) is 5.25. The van der Waals surface area contributed by atoms with E-state index in [1.807, 2.05) is 6.07 Å². The highest BCUT2D eigenvalue weighted by molar-refractivity contribution is 6.74. The Morgan fingerprint density at radius 2 is 1.02 bits per heavy atom. The number of para-hydroxylation sites is 1. The van der Waals surface area contributed by atoms with E-state index in [2.05, 4.69) is 132 Å². The van der Waals surface area contributed by atoms with Crippen LogP contribution in [0.15, 0.2) is 133 Å². The zero-order chi connectivity index (χ0) is 27.7. The number of hydrogen-bond donors (Lipinski definition) is 0. The molecule has 4 nitrogen and oxygen atoms in total. The molecule has 40 heavy (non-hydrogen) atoms. The predicted molar refractivity (Wildman–Crippen MR) is 168 cm³/mol. The molecule has 0 fully saturated rings. The van der Waals surface area contributed by atoms with Gasteiger partial charge in [-0.25, -0.2) is 0 Å². The molecule has 0 spiro atoms. The average molecular weight is 525 g/mol. The molecule has 5 rings (SSSR count). The van der Waals surface area contributed by atoms with Gasteiger partial charge >= 0.3 is 14.2 Å². The molecular weight excluding hydrogens is 492 g/mol. The first-order valence-corrected chi connectivity index (χ1v) is 13.5. The molecule has 6 heteroatoms. The summed E-state index contributed by atoms with van der Waals surface area (Å²) < 4.78 is 17.3. The van der Waals surface area contributed by atoms with E-state index >= 15 is 0 Å². The van der Waals surface area contributed by atoms with Gasteiger partial charge in [0.15, 0.2) is 0 Å². The maximum absolute atomic E-state index is 6.43. The maximum atomic E-state index is 6.43. The van der Waals surface area contributed by atoms with E-state index in [9.17, 15) is 0 Å². The smallest absolute Gasteiger partial charge is 0.415 e. The van der Waals surface area contributed by atoms with Crippen LogP contribution >= 0.6 is 0 Å². The van der Waals surface area contributed by atoms with Gasteiger partial charge < -0.3 is 18.8 Å². The standard InChI is InChI=1S/C34H33B2NO3/c1-38-35(34-32(28-14-7-4-8-15-28)20-13-21-33(34)29-16-9-5-10-17-29)37(31-18-11-6-12-19-31)26-27-22-24-30(25-23-27)36(39-2)40-3/h4-25H,26H2,1-3H3. The lowest BCUT2D eigenvalue weighted by Crippen LogP contribution is -2.51. The van der Waals surface area contributed by atoms with Crippen molar-refractivity contribution < 1.29 is 14.0 Å². The molecule has 0 aliphatic carbocycles. The maximum Gasteiger partial charge on any atom is 0.493 e. The second-order valence-electron chi connectivity index (χ2n) is 9.60. The van der Waals surface area contributed by atoms with Crippen LogP contribution in [0.5, 0.6) is 0 Å². The lowest BCUT2D eigenvalue weighted by molar-refractivity contribution is 0.292. The molecule has 0 radical (unpaired) electrons. The largest absolute Gasteiger partial charge is 0.493 e. The van der Waals surface area contributed by atoms with Crippen molar-refractivity contribution in [3.05, 3.63) is 139 Å². The molecule has 0 bridgehead atoms. The third-order valence-electron chi connectivity index (χ3n) is 7.15. The quantitative estimate of drug-likeness (QED) is 0.197. The molecular formula is C34H33B2NO3. The van der Waals surface area contributed by atoms with Crippen LogP contribution < -0.4 is 15.7 Å². The minimum Gasteiger partial charge on any atom is -0.415 e. The molecule has 0 aromatic heterocycles. The van der Waals surface area contributed by atoms with E-state index in [1.165, 1.54) is 0 Å². The Morgan fingerprint density at radius 3 is 1.50 bits per heavy atom. The van der Waals surface area contributed by atoms with Crippen LogP contribution in [-0.2, 0) is 20.5 Å². The van der Waals surface area contributed by atoms with Crippen molar-refractivity contribution in [2.75, 3.05) is 26.1 Å². The Hall–Kier alpha value is -4.09. The van der Waals surface area contributed by atoms with Gasteiger partial charge in [-0.1, -0.05) is 121 Å².